The summed E-state index contributed by atoms with van der Waals surface area (Å²) in [6.45, 7) is 0.994. The number of nitrogens with zero attached hydrogens (tertiary/aromatic N) is 1. The van der Waals surface area contributed by atoms with Gasteiger partial charge in [0.15, 0.2) is 0 Å². The first-order valence-electron chi connectivity index (χ1n) is 10.2. The molecule has 1 atom stereocenters. The molecule has 1 unspecified atom stereocenters. The standard InChI is InChI=1S/C25H22ClNO5/c1-30-25(29)18-2-8-21(9-3-18)31-16-17-14-24(28)27(15-17)20-6-12-23(13-7-20)32-22-10-4-19(26)5-11-22/h2-13,17H,14-16H2,1H3. The maximum absolute atomic E-state index is 12.5. The van der Waals surface area contributed by atoms with Crippen LogP contribution in [0.5, 0.6) is 17.2 Å². The van der Waals surface area contributed by atoms with Gasteiger partial charge in [0.05, 0.1) is 19.3 Å². The van der Waals surface area contributed by atoms with Crippen LogP contribution in [0.1, 0.15) is 16.8 Å². The Morgan fingerprint density at radius 1 is 0.938 bits per heavy atom. The van der Waals surface area contributed by atoms with Gasteiger partial charge in [-0.05, 0) is 72.8 Å². The van der Waals surface area contributed by atoms with Gasteiger partial charge in [-0.25, -0.2) is 4.79 Å². The van der Waals surface area contributed by atoms with E-state index in [1.807, 2.05) is 24.3 Å². The van der Waals surface area contributed by atoms with Gasteiger partial charge in [-0.2, -0.15) is 0 Å². The molecule has 7 heteroatoms. The molecule has 4 rings (SSSR count). The number of carbonyl (C=O) groups is 2. The van der Waals surface area contributed by atoms with Crippen molar-refractivity contribution in [2.45, 2.75) is 6.42 Å². The van der Waals surface area contributed by atoms with Gasteiger partial charge in [-0.15, -0.1) is 0 Å². The van der Waals surface area contributed by atoms with Crippen molar-refractivity contribution in [2.75, 3.05) is 25.2 Å². The highest BCUT2D eigenvalue weighted by molar-refractivity contribution is 6.30. The van der Waals surface area contributed by atoms with E-state index < -0.39 is 5.97 Å². The van der Waals surface area contributed by atoms with E-state index in [9.17, 15) is 9.59 Å². The van der Waals surface area contributed by atoms with Crippen LogP contribution < -0.4 is 14.4 Å². The van der Waals surface area contributed by atoms with E-state index in [-0.39, 0.29) is 11.8 Å². The Labute approximate surface area is 191 Å². The number of hydrogen-bond donors (Lipinski definition) is 0. The SMILES string of the molecule is COC(=O)c1ccc(OCC2CC(=O)N(c3ccc(Oc4ccc(Cl)cc4)cc3)C2)cc1. The highest BCUT2D eigenvalue weighted by Crippen LogP contribution is 2.29. The number of hydrogen-bond acceptors (Lipinski definition) is 5. The summed E-state index contributed by atoms with van der Waals surface area (Å²) >= 11 is 5.90. The van der Waals surface area contributed by atoms with Crippen LogP contribution in [0.2, 0.25) is 5.02 Å². The van der Waals surface area contributed by atoms with Gasteiger partial charge in [0.25, 0.3) is 0 Å². The zero-order valence-electron chi connectivity index (χ0n) is 17.5. The van der Waals surface area contributed by atoms with E-state index in [1.165, 1.54) is 7.11 Å². The number of amides is 1. The minimum Gasteiger partial charge on any atom is -0.493 e. The number of halogens is 1. The van der Waals surface area contributed by atoms with Crippen LogP contribution in [-0.2, 0) is 9.53 Å². The predicted octanol–water partition coefficient (Wildman–Crippen LogP) is 5.35. The van der Waals surface area contributed by atoms with E-state index >= 15 is 0 Å². The Morgan fingerprint density at radius 3 is 2.16 bits per heavy atom. The smallest absolute Gasteiger partial charge is 0.337 e. The number of methoxy groups -OCH3 is 1. The minimum atomic E-state index is -0.391. The molecule has 1 fully saturated rings. The summed E-state index contributed by atoms with van der Waals surface area (Å²) in [5, 5.41) is 0.650. The summed E-state index contributed by atoms with van der Waals surface area (Å²) in [7, 11) is 1.34. The fourth-order valence-electron chi connectivity index (χ4n) is 3.49. The quantitative estimate of drug-likeness (QED) is 0.453. The van der Waals surface area contributed by atoms with E-state index in [2.05, 4.69) is 4.74 Å². The Hall–Kier alpha value is -3.51. The lowest BCUT2D eigenvalue weighted by molar-refractivity contribution is -0.117. The lowest BCUT2D eigenvalue weighted by Crippen LogP contribution is -2.25. The fourth-order valence-corrected chi connectivity index (χ4v) is 3.62. The normalized spacial score (nSPS) is 15.5. The highest BCUT2D eigenvalue weighted by atomic mass is 35.5. The van der Waals surface area contributed by atoms with Gasteiger partial charge in [0.1, 0.15) is 17.2 Å². The molecule has 1 saturated heterocycles. The van der Waals surface area contributed by atoms with E-state index in [1.54, 1.807) is 53.4 Å². The average Bonchev–Trinajstić information content (AvgIpc) is 3.20. The van der Waals surface area contributed by atoms with Gasteiger partial charge in [-0.3, -0.25) is 4.79 Å². The number of rotatable bonds is 7. The van der Waals surface area contributed by atoms with Crippen LogP contribution in [0.15, 0.2) is 72.8 Å². The van der Waals surface area contributed by atoms with Gasteiger partial charge in [0, 0.05) is 29.6 Å². The van der Waals surface area contributed by atoms with Gasteiger partial charge in [-0.1, -0.05) is 11.6 Å². The molecular formula is C25H22ClNO5. The summed E-state index contributed by atoms with van der Waals surface area (Å²) in [5.74, 6) is 1.76. The number of anilines is 1. The zero-order valence-corrected chi connectivity index (χ0v) is 18.2. The average molecular weight is 452 g/mol. The van der Waals surface area contributed by atoms with Crippen LogP contribution >= 0.6 is 11.6 Å². The molecule has 0 N–H and O–H groups in total. The fraction of sp³-hybridized carbons (Fsp3) is 0.200. The van der Waals surface area contributed by atoms with Gasteiger partial charge >= 0.3 is 5.97 Å². The van der Waals surface area contributed by atoms with Crippen LogP contribution in [0, 0.1) is 5.92 Å². The molecule has 164 valence electrons. The molecule has 1 aliphatic rings. The topological polar surface area (TPSA) is 65.1 Å². The Morgan fingerprint density at radius 2 is 1.53 bits per heavy atom. The Kier molecular flexibility index (Phi) is 6.61. The summed E-state index contributed by atoms with van der Waals surface area (Å²) < 4.78 is 16.3. The summed E-state index contributed by atoms with van der Waals surface area (Å²) in [6.07, 6.45) is 0.420. The van der Waals surface area contributed by atoms with E-state index in [0.717, 1.165) is 5.69 Å². The molecule has 1 aliphatic heterocycles. The first-order chi connectivity index (χ1) is 15.5. The molecule has 0 radical (unpaired) electrons. The first kappa shape index (κ1) is 21.7. The molecule has 0 aliphatic carbocycles. The molecule has 0 spiro atoms. The number of ether oxygens (including phenoxy) is 3. The molecule has 6 nitrogen and oxygen atoms in total. The largest absolute Gasteiger partial charge is 0.493 e. The Balaban J connectivity index is 1.32. The molecule has 0 aromatic heterocycles. The number of carbonyl (C=O) groups excluding carboxylic acids is 2. The molecule has 32 heavy (non-hydrogen) atoms. The number of benzene rings is 3. The van der Waals surface area contributed by atoms with Crippen LogP contribution in [0.25, 0.3) is 0 Å². The monoisotopic (exact) mass is 451 g/mol. The van der Waals surface area contributed by atoms with E-state index in [0.29, 0.717) is 47.4 Å². The second-order valence-corrected chi connectivity index (χ2v) is 7.89. The van der Waals surface area contributed by atoms with Gasteiger partial charge < -0.3 is 19.1 Å². The van der Waals surface area contributed by atoms with Crippen molar-refractivity contribution in [1.82, 2.24) is 0 Å². The second-order valence-electron chi connectivity index (χ2n) is 7.45. The molecular weight excluding hydrogens is 430 g/mol. The zero-order chi connectivity index (χ0) is 22.5. The maximum atomic E-state index is 12.5. The lowest BCUT2D eigenvalue weighted by atomic mass is 10.1. The van der Waals surface area contributed by atoms with Crippen molar-refractivity contribution in [3.05, 3.63) is 83.4 Å². The van der Waals surface area contributed by atoms with Crippen molar-refractivity contribution < 1.29 is 23.8 Å². The van der Waals surface area contributed by atoms with E-state index in [4.69, 9.17) is 21.1 Å². The summed E-state index contributed by atoms with van der Waals surface area (Å²) in [5.41, 5.74) is 1.29. The third-order valence-electron chi connectivity index (χ3n) is 5.16. The van der Waals surface area contributed by atoms with Crippen molar-refractivity contribution in [1.29, 1.82) is 0 Å². The first-order valence-corrected chi connectivity index (χ1v) is 10.5. The summed E-state index contributed by atoms with van der Waals surface area (Å²) in [4.78, 5) is 25.8. The minimum absolute atomic E-state index is 0.0611. The molecule has 0 saturated carbocycles. The molecule has 3 aromatic carbocycles. The van der Waals surface area contributed by atoms with Crippen LogP contribution in [0.3, 0.4) is 0 Å². The lowest BCUT2D eigenvalue weighted by Gasteiger charge is -2.17. The Bertz CT molecular complexity index is 1080. The van der Waals surface area contributed by atoms with Crippen molar-refractivity contribution in [3.8, 4) is 17.2 Å². The van der Waals surface area contributed by atoms with Crippen LogP contribution in [-0.4, -0.2) is 32.1 Å². The highest BCUT2D eigenvalue weighted by Gasteiger charge is 2.31. The maximum Gasteiger partial charge on any atom is 0.337 e. The molecule has 1 amide bonds. The second kappa shape index (κ2) is 9.75. The molecule has 0 bridgehead atoms. The predicted molar refractivity (Wildman–Crippen MR) is 122 cm³/mol. The van der Waals surface area contributed by atoms with Crippen molar-refractivity contribution in [3.63, 3.8) is 0 Å². The number of esters is 1. The van der Waals surface area contributed by atoms with Gasteiger partial charge in [0.2, 0.25) is 5.91 Å². The van der Waals surface area contributed by atoms with Crippen molar-refractivity contribution >= 4 is 29.2 Å². The third kappa shape index (κ3) is 5.21. The van der Waals surface area contributed by atoms with Crippen molar-refractivity contribution in [2.24, 2.45) is 5.92 Å². The van der Waals surface area contributed by atoms with Crippen LogP contribution in [0.4, 0.5) is 5.69 Å². The summed E-state index contributed by atoms with van der Waals surface area (Å²) in [6, 6.07) is 21.3. The molecule has 3 aromatic rings. The third-order valence-corrected chi connectivity index (χ3v) is 5.42. The molecule has 1 heterocycles.